The summed E-state index contributed by atoms with van der Waals surface area (Å²) < 4.78 is 0. The number of halogens is 1. The Labute approximate surface area is 97.5 Å². The number of nitriles is 1. The molecule has 1 saturated heterocycles. The molecule has 0 unspecified atom stereocenters. The molecule has 0 bridgehead atoms. The van der Waals surface area contributed by atoms with Gasteiger partial charge in [0.2, 0.25) is 0 Å². The van der Waals surface area contributed by atoms with Gasteiger partial charge in [0.05, 0.1) is 0 Å². The van der Waals surface area contributed by atoms with Gasteiger partial charge in [0.1, 0.15) is 10.9 Å². The van der Waals surface area contributed by atoms with Crippen molar-refractivity contribution in [2.75, 3.05) is 31.1 Å². The van der Waals surface area contributed by atoms with Crippen molar-refractivity contribution in [1.82, 2.24) is 10.3 Å². The maximum absolute atomic E-state index is 8.79. The van der Waals surface area contributed by atoms with Gasteiger partial charge in [0.25, 0.3) is 0 Å². The molecule has 1 aliphatic rings. The van der Waals surface area contributed by atoms with E-state index in [0.717, 1.165) is 37.7 Å². The fourth-order valence-electron chi connectivity index (χ4n) is 1.53. The Morgan fingerprint density at radius 1 is 1.47 bits per heavy atom. The van der Waals surface area contributed by atoms with Crippen molar-refractivity contribution < 1.29 is 0 Å². The number of anilines is 1. The minimum atomic E-state index is 0.328. The number of thiazole rings is 1. The van der Waals surface area contributed by atoms with Gasteiger partial charge in [-0.05, 0) is 13.0 Å². The predicted molar refractivity (Wildman–Crippen MR) is 61.5 cm³/mol. The summed E-state index contributed by atoms with van der Waals surface area (Å²) in [6.07, 6.45) is 1.10. The average Bonchev–Trinajstić information content (AvgIpc) is 2.48. The van der Waals surface area contributed by atoms with E-state index >= 15 is 0 Å². The summed E-state index contributed by atoms with van der Waals surface area (Å²) in [5.41, 5.74) is 0. The highest BCUT2D eigenvalue weighted by atomic mass is 35.5. The lowest BCUT2D eigenvalue weighted by molar-refractivity contribution is 0.724. The highest BCUT2D eigenvalue weighted by Gasteiger charge is 2.16. The van der Waals surface area contributed by atoms with E-state index in [1.165, 1.54) is 11.3 Å². The molecule has 15 heavy (non-hydrogen) atoms. The SMILES string of the molecule is N#Cc1sc(N2CCCNCC2)nc1Cl. The van der Waals surface area contributed by atoms with Crippen molar-refractivity contribution in [3.8, 4) is 6.07 Å². The van der Waals surface area contributed by atoms with Crippen molar-refractivity contribution in [2.24, 2.45) is 0 Å². The standard InChI is InChI=1S/C9H11ClN4S/c10-8-7(6-11)15-9(13-8)14-4-1-2-12-3-5-14/h12H,1-5H2. The first-order chi connectivity index (χ1) is 7.31. The molecule has 1 N–H and O–H groups in total. The molecule has 6 heteroatoms. The molecule has 2 heterocycles. The van der Waals surface area contributed by atoms with Crippen molar-refractivity contribution in [1.29, 1.82) is 5.26 Å². The highest BCUT2D eigenvalue weighted by molar-refractivity contribution is 7.16. The third-order valence-electron chi connectivity index (χ3n) is 2.29. The molecule has 0 aliphatic carbocycles. The third-order valence-corrected chi connectivity index (χ3v) is 3.69. The molecule has 0 atom stereocenters. The number of hydrogen-bond donors (Lipinski definition) is 1. The van der Waals surface area contributed by atoms with Gasteiger partial charge in [0.15, 0.2) is 10.3 Å². The second kappa shape index (κ2) is 4.79. The second-order valence-electron chi connectivity index (χ2n) is 3.32. The Kier molecular flexibility index (Phi) is 3.41. The summed E-state index contributed by atoms with van der Waals surface area (Å²) in [5.74, 6) is 0. The van der Waals surface area contributed by atoms with Crippen LogP contribution in [-0.4, -0.2) is 31.2 Å². The summed E-state index contributed by atoms with van der Waals surface area (Å²) in [7, 11) is 0. The summed E-state index contributed by atoms with van der Waals surface area (Å²) in [5, 5.41) is 13.3. The Morgan fingerprint density at radius 3 is 3.07 bits per heavy atom. The number of nitrogens with one attached hydrogen (secondary N) is 1. The van der Waals surface area contributed by atoms with Crippen LogP contribution in [0.15, 0.2) is 0 Å². The predicted octanol–water partition coefficient (Wildman–Crippen LogP) is 1.47. The van der Waals surface area contributed by atoms with Crippen LogP contribution >= 0.6 is 22.9 Å². The highest BCUT2D eigenvalue weighted by Crippen LogP contribution is 2.28. The summed E-state index contributed by atoms with van der Waals surface area (Å²) in [4.78, 5) is 6.89. The minimum Gasteiger partial charge on any atom is -0.347 e. The summed E-state index contributed by atoms with van der Waals surface area (Å²) >= 11 is 7.21. The van der Waals surface area contributed by atoms with Crippen molar-refractivity contribution in [3.63, 3.8) is 0 Å². The Balaban J connectivity index is 2.17. The number of rotatable bonds is 1. The molecule has 1 aromatic heterocycles. The van der Waals surface area contributed by atoms with Crippen molar-refractivity contribution in [2.45, 2.75) is 6.42 Å². The fourth-order valence-corrected chi connectivity index (χ4v) is 2.63. The summed E-state index contributed by atoms with van der Waals surface area (Å²) in [6.45, 7) is 3.90. The Morgan fingerprint density at radius 2 is 2.33 bits per heavy atom. The molecular weight excluding hydrogens is 232 g/mol. The van der Waals surface area contributed by atoms with Gasteiger partial charge in [-0.15, -0.1) is 0 Å². The van der Waals surface area contributed by atoms with Gasteiger partial charge >= 0.3 is 0 Å². The molecule has 4 nitrogen and oxygen atoms in total. The molecule has 0 saturated carbocycles. The number of aromatic nitrogens is 1. The third kappa shape index (κ3) is 2.40. The molecular formula is C9H11ClN4S. The van der Waals surface area contributed by atoms with Gasteiger partial charge < -0.3 is 10.2 Å². The van der Waals surface area contributed by atoms with E-state index in [0.29, 0.717) is 10.0 Å². The first-order valence-corrected chi connectivity index (χ1v) is 6.03. The van der Waals surface area contributed by atoms with Crippen LogP contribution in [-0.2, 0) is 0 Å². The zero-order chi connectivity index (χ0) is 10.7. The molecule has 2 rings (SSSR count). The molecule has 1 aromatic rings. The monoisotopic (exact) mass is 242 g/mol. The van der Waals surface area contributed by atoms with Gasteiger partial charge in [0, 0.05) is 19.6 Å². The van der Waals surface area contributed by atoms with Gasteiger partial charge in [-0.1, -0.05) is 22.9 Å². The lowest BCUT2D eigenvalue weighted by atomic mass is 10.4. The molecule has 1 fully saturated rings. The van der Waals surface area contributed by atoms with Gasteiger partial charge in [-0.25, -0.2) is 4.98 Å². The fraction of sp³-hybridized carbons (Fsp3) is 0.556. The lowest BCUT2D eigenvalue weighted by Crippen LogP contribution is -2.27. The maximum atomic E-state index is 8.79. The van der Waals surface area contributed by atoms with E-state index < -0.39 is 0 Å². The molecule has 0 amide bonds. The van der Waals surface area contributed by atoms with E-state index in [9.17, 15) is 0 Å². The average molecular weight is 243 g/mol. The largest absolute Gasteiger partial charge is 0.347 e. The normalized spacial score (nSPS) is 17.2. The first-order valence-electron chi connectivity index (χ1n) is 4.83. The molecule has 1 aliphatic heterocycles. The topological polar surface area (TPSA) is 52.0 Å². The van der Waals surface area contributed by atoms with Gasteiger partial charge in [-0.2, -0.15) is 5.26 Å². The smallest absolute Gasteiger partial charge is 0.188 e. The van der Waals surface area contributed by atoms with E-state index in [1.807, 2.05) is 0 Å². The molecule has 0 aromatic carbocycles. The number of nitrogens with zero attached hydrogens (tertiary/aromatic N) is 3. The van der Waals surface area contributed by atoms with Crippen LogP contribution in [0.1, 0.15) is 11.3 Å². The quantitative estimate of drug-likeness (QED) is 0.810. The van der Waals surface area contributed by atoms with E-state index in [-0.39, 0.29) is 0 Å². The Bertz CT molecular complexity index is 376. The van der Waals surface area contributed by atoms with E-state index in [4.69, 9.17) is 16.9 Å². The van der Waals surface area contributed by atoms with Crippen LogP contribution in [0.5, 0.6) is 0 Å². The van der Waals surface area contributed by atoms with Crippen LogP contribution in [0.3, 0.4) is 0 Å². The molecule has 0 spiro atoms. The van der Waals surface area contributed by atoms with Crippen LogP contribution in [0.2, 0.25) is 5.15 Å². The Hall–Kier alpha value is -0.830. The van der Waals surface area contributed by atoms with Crippen LogP contribution < -0.4 is 10.2 Å². The number of hydrogen-bond acceptors (Lipinski definition) is 5. The van der Waals surface area contributed by atoms with Gasteiger partial charge in [-0.3, -0.25) is 0 Å². The van der Waals surface area contributed by atoms with E-state index in [2.05, 4.69) is 21.3 Å². The zero-order valence-corrected chi connectivity index (χ0v) is 9.74. The second-order valence-corrected chi connectivity index (χ2v) is 4.65. The van der Waals surface area contributed by atoms with Crippen LogP contribution in [0.25, 0.3) is 0 Å². The summed E-state index contributed by atoms with van der Waals surface area (Å²) in [6, 6.07) is 2.05. The molecule has 80 valence electrons. The lowest BCUT2D eigenvalue weighted by Gasteiger charge is -2.17. The minimum absolute atomic E-state index is 0.328. The van der Waals surface area contributed by atoms with Crippen LogP contribution in [0, 0.1) is 11.3 Å². The zero-order valence-electron chi connectivity index (χ0n) is 8.16. The van der Waals surface area contributed by atoms with Crippen molar-refractivity contribution in [3.05, 3.63) is 10.0 Å². The van der Waals surface area contributed by atoms with Crippen LogP contribution in [0.4, 0.5) is 5.13 Å². The molecule has 0 radical (unpaired) electrons. The first kappa shape index (κ1) is 10.7. The van der Waals surface area contributed by atoms with Crippen molar-refractivity contribution >= 4 is 28.1 Å². The maximum Gasteiger partial charge on any atom is 0.188 e. The van der Waals surface area contributed by atoms with E-state index in [1.54, 1.807) is 0 Å².